The van der Waals surface area contributed by atoms with Gasteiger partial charge in [0.05, 0.1) is 29.1 Å². The number of carbonyl (C=O) groups is 2. The minimum Gasteiger partial charge on any atom is -0.354 e. The van der Waals surface area contributed by atoms with Gasteiger partial charge >= 0.3 is 6.18 Å². The number of fused-ring (bicyclic) bond motifs is 2. The van der Waals surface area contributed by atoms with Gasteiger partial charge in [0.25, 0.3) is 5.91 Å². The summed E-state index contributed by atoms with van der Waals surface area (Å²) in [6.07, 6.45) is 0.320. The van der Waals surface area contributed by atoms with Gasteiger partial charge in [-0.2, -0.15) is 23.5 Å². The monoisotopic (exact) mass is 624 g/mol. The van der Waals surface area contributed by atoms with Crippen LogP contribution in [0.1, 0.15) is 28.5 Å². The zero-order valence-corrected chi connectivity index (χ0v) is 24.1. The fourth-order valence-electron chi connectivity index (χ4n) is 5.94. The fourth-order valence-corrected chi connectivity index (χ4v) is 5.94. The van der Waals surface area contributed by atoms with E-state index in [0.717, 1.165) is 30.0 Å². The van der Waals surface area contributed by atoms with E-state index in [4.69, 9.17) is 5.26 Å². The number of imidazole rings is 1. The predicted octanol–water partition coefficient (Wildman–Crippen LogP) is 3.03. The number of amides is 2. The van der Waals surface area contributed by atoms with Crippen LogP contribution in [0, 0.1) is 41.8 Å². The molecule has 16 heteroatoms. The van der Waals surface area contributed by atoms with Crippen LogP contribution in [0.4, 0.5) is 29.1 Å². The number of anilines is 2. The molecular weight excluding hydrogens is 596 g/mol. The second kappa shape index (κ2) is 11.5. The number of hydrogen-bond acceptors (Lipinski definition) is 8. The van der Waals surface area contributed by atoms with Crippen LogP contribution in [-0.2, 0) is 17.5 Å². The second-order valence-corrected chi connectivity index (χ2v) is 11.3. The highest BCUT2D eigenvalue weighted by atomic mass is 19.4. The van der Waals surface area contributed by atoms with Gasteiger partial charge in [-0.25, -0.2) is 14.4 Å². The molecule has 234 valence electrons. The Kier molecular flexibility index (Phi) is 7.65. The third-order valence-corrected chi connectivity index (χ3v) is 8.10. The van der Waals surface area contributed by atoms with Crippen molar-refractivity contribution in [1.82, 2.24) is 40.1 Å². The molecule has 45 heavy (non-hydrogen) atoms. The number of piperidine rings is 1. The van der Waals surface area contributed by atoms with E-state index in [1.54, 1.807) is 19.9 Å². The van der Waals surface area contributed by atoms with Gasteiger partial charge in [-0.3, -0.25) is 18.7 Å². The molecule has 0 spiro atoms. The molecule has 6 rings (SSSR count). The molecule has 1 saturated carbocycles. The molecule has 4 atom stereocenters. The Labute approximate surface area is 253 Å². The number of carbonyl (C=O) groups excluding carboxylic acids is 2. The van der Waals surface area contributed by atoms with Gasteiger partial charge in [-0.05, 0) is 56.5 Å². The highest BCUT2D eigenvalue weighted by Gasteiger charge is 2.56. The van der Waals surface area contributed by atoms with E-state index in [0.29, 0.717) is 17.4 Å². The fraction of sp³-hybridized carbons (Fsp3) is 0.379. The summed E-state index contributed by atoms with van der Waals surface area (Å²) in [5.41, 5.74) is -0.851. The molecule has 12 nitrogen and oxygen atoms in total. The van der Waals surface area contributed by atoms with E-state index in [-0.39, 0.29) is 58.9 Å². The van der Waals surface area contributed by atoms with Gasteiger partial charge in [0.1, 0.15) is 12.4 Å². The van der Waals surface area contributed by atoms with Gasteiger partial charge in [-0.1, -0.05) is 0 Å². The molecular formula is C29H28F4N10O2. The van der Waals surface area contributed by atoms with Crippen LogP contribution in [-0.4, -0.2) is 61.6 Å². The minimum atomic E-state index is -4.78. The molecule has 1 aliphatic heterocycles. The van der Waals surface area contributed by atoms with Crippen molar-refractivity contribution in [2.24, 2.45) is 17.8 Å². The number of alkyl halides is 3. The van der Waals surface area contributed by atoms with Crippen LogP contribution < -0.4 is 21.3 Å². The van der Waals surface area contributed by atoms with Gasteiger partial charge in [0, 0.05) is 42.8 Å². The molecule has 0 radical (unpaired) electrons. The Balaban J connectivity index is 1.17. The normalized spacial score (nSPS) is 19.5. The zero-order valence-electron chi connectivity index (χ0n) is 24.1. The number of benzene rings is 1. The van der Waals surface area contributed by atoms with Crippen molar-refractivity contribution in [2.45, 2.75) is 32.6 Å². The van der Waals surface area contributed by atoms with Gasteiger partial charge < -0.3 is 21.3 Å². The van der Waals surface area contributed by atoms with E-state index in [1.807, 2.05) is 0 Å². The summed E-state index contributed by atoms with van der Waals surface area (Å²) in [7, 11) is 0. The number of nitrogens with one attached hydrogen (secondary N) is 4. The van der Waals surface area contributed by atoms with Crippen LogP contribution in [0.15, 0.2) is 36.9 Å². The van der Waals surface area contributed by atoms with E-state index in [1.165, 1.54) is 29.1 Å². The molecule has 2 fully saturated rings. The maximum atomic E-state index is 15.3. The molecule has 2 amide bonds. The van der Waals surface area contributed by atoms with Crippen molar-refractivity contribution < 1.29 is 27.2 Å². The topological polar surface area (TPSA) is 154 Å². The Bertz CT molecular complexity index is 1810. The summed E-state index contributed by atoms with van der Waals surface area (Å²) >= 11 is 0. The Morgan fingerprint density at radius 1 is 1.22 bits per heavy atom. The summed E-state index contributed by atoms with van der Waals surface area (Å²) < 4.78 is 58.8. The summed E-state index contributed by atoms with van der Waals surface area (Å²) in [6, 6.07) is 3.96. The minimum absolute atomic E-state index is 0.00794. The standard InChI is InChI=1S/C29H28F4N10O2/c1-14-7-16(8-20(30)22(14)28(45)39-15(2)9-38-27(44)23-17-10-35-11-18(17)23)40-25-26-37-12-21(43(26)6-4-36-25)19-13-42(5-3-34)41-24(19)29(31,32)33/h4,6-8,12-13,15,17-18,23,35H,5,9-11H2,1-2H3,(H,36,40)(H,38,44)(H,39,45)/t15-,17-,18+,23+/m1/s1. The Hall–Kier alpha value is -5.04. The number of hydrogen-bond donors (Lipinski definition) is 4. The van der Waals surface area contributed by atoms with Crippen molar-refractivity contribution in [3.63, 3.8) is 0 Å². The van der Waals surface area contributed by atoms with Crippen LogP contribution in [0.5, 0.6) is 0 Å². The number of aryl methyl sites for hydroxylation is 1. The first-order chi connectivity index (χ1) is 21.5. The van der Waals surface area contributed by atoms with Crippen molar-refractivity contribution >= 4 is 29.0 Å². The van der Waals surface area contributed by atoms with E-state index < -0.39 is 29.6 Å². The number of rotatable bonds is 9. The van der Waals surface area contributed by atoms with Crippen molar-refractivity contribution in [3.05, 3.63) is 59.6 Å². The summed E-state index contributed by atoms with van der Waals surface area (Å²) in [6.45, 7) is 4.79. The number of aromatic nitrogens is 5. The lowest BCUT2D eigenvalue weighted by atomic mass is 10.1. The second-order valence-electron chi connectivity index (χ2n) is 11.3. The molecule has 2 aliphatic rings. The molecule has 4 heterocycles. The van der Waals surface area contributed by atoms with Gasteiger partial charge in [-0.15, -0.1) is 0 Å². The lowest BCUT2D eigenvalue weighted by molar-refractivity contribution is -0.141. The van der Waals surface area contributed by atoms with Crippen molar-refractivity contribution in [3.8, 4) is 17.3 Å². The summed E-state index contributed by atoms with van der Waals surface area (Å²) in [5.74, 6) is -0.598. The molecule has 0 bridgehead atoms. The lowest BCUT2D eigenvalue weighted by Crippen LogP contribution is -2.43. The first-order valence-corrected chi connectivity index (χ1v) is 14.2. The molecule has 1 aromatic carbocycles. The average Bonchev–Trinajstić information content (AvgIpc) is 3.38. The quantitative estimate of drug-likeness (QED) is 0.207. The zero-order chi connectivity index (χ0) is 32.0. The first kappa shape index (κ1) is 30.0. The van der Waals surface area contributed by atoms with Crippen LogP contribution in [0.2, 0.25) is 0 Å². The molecule has 1 aliphatic carbocycles. The van der Waals surface area contributed by atoms with Gasteiger partial charge in [0.2, 0.25) is 5.91 Å². The SMILES string of the molecule is Cc1cc(Nc2nccn3c(-c4cn(CC#N)nc4C(F)(F)F)cnc23)cc(F)c1C(=O)N[C@H](C)CNC(=O)[C@H]1[C@@H]2CNC[C@@H]21. The van der Waals surface area contributed by atoms with Crippen molar-refractivity contribution in [2.75, 3.05) is 25.0 Å². The number of nitriles is 1. The first-order valence-electron chi connectivity index (χ1n) is 14.2. The largest absolute Gasteiger partial charge is 0.435 e. The van der Waals surface area contributed by atoms with Crippen LogP contribution >= 0.6 is 0 Å². The average molecular weight is 625 g/mol. The van der Waals surface area contributed by atoms with Crippen molar-refractivity contribution in [1.29, 1.82) is 5.26 Å². The molecule has 4 N–H and O–H groups in total. The molecule has 1 saturated heterocycles. The molecule has 0 unspecified atom stereocenters. The van der Waals surface area contributed by atoms with Gasteiger partial charge in [0.15, 0.2) is 17.2 Å². The summed E-state index contributed by atoms with van der Waals surface area (Å²) in [5, 5.41) is 24.2. The smallest absolute Gasteiger partial charge is 0.354 e. The Morgan fingerprint density at radius 3 is 2.67 bits per heavy atom. The number of halogens is 4. The van der Waals surface area contributed by atoms with Crippen LogP contribution in [0.3, 0.4) is 0 Å². The highest BCUT2D eigenvalue weighted by molar-refractivity contribution is 5.96. The molecule has 4 aromatic rings. The number of nitrogens with zero attached hydrogens (tertiary/aromatic N) is 6. The maximum absolute atomic E-state index is 15.3. The highest BCUT2D eigenvalue weighted by Crippen LogP contribution is 2.48. The Morgan fingerprint density at radius 2 is 1.98 bits per heavy atom. The predicted molar refractivity (Wildman–Crippen MR) is 153 cm³/mol. The van der Waals surface area contributed by atoms with Crippen LogP contribution in [0.25, 0.3) is 16.9 Å². The molecule has 3 aromatic heterocycles. The van der Waals surface area contributed by atoms with E-state index in [9.17, 15) is 22.8 Å². The van der Waals surface area contributed by atoms with E-state index in [2.05, 4.69) is 36.3 Å². The maximum Gasteiger partial charge on any atom is 0.435 e. The van der Waals surface area contributed by atoms with E-state index >= 15 is 4.39 Å². The summed E-state index contributed by atoms with van der Waals surface area (Å²) in [4.78, 5) is 33.8. The third kappa shape index (κ3) is 5.78. The third-order valence-electron chi connectivity index (χ3n) is 8.10. The lowest BCUT2D eigenvalue weighted by Gasteiger charge is -2.17.